The van der Waals surface area contributed by atoms with Gasteiger partial charge >= 0.3 is 0 Å². The van der Waals surface area contributed by atoms with E-state index in [1.54, 1.807) is 12.1 Å². The van der Waals surface area contributed by atoms with Crippen molar-refractivity contribution in [1.82, 2.24) is 10.2 Å². The van der Waals surface area contributed by atoms with Crippen LogP contribution in [0.2, 0.25) is 4.34 Å². The van der Waals surface area contributed by atoms with Crippen molar-refractivity contribution in [1.29, 1.82) is 0 Å². The molecule has 30 heavy (non-hydrogen) atoms. The third-order valence-corrected chi connectivity index (χ3v) is 7.12. The fourth-order valence-corrected chi connectivity index (χ4v) is 5.13. The van der Waals surface area contributed by atoms with Gasteiger partial charge < -0.3 is 20.3 Å². The van der Waals surface area contributed by atoms with E-state index < -0.39 is 5.54 Å². The molecule has 4 rings (SSSR count). The van der Waals surface area contributed by atoms with E-state index in [0.29, 0.717) is 28.2 Å². The summed E-state index contributed by atoms with van der Waals surface area (Å²) in [5.41, 5.74) is 2.25. The van der Waals surface area contributed by atoms with Gasteiger partial charge in [-0.2, -0.15) is 0 Å². The average Bonchev–Trinajstić information content (AvgIpc) is 3.33. The highest BCUT2D eigenvalue weighted by atomic mass is 35.5. The molecule has 8 heteroatoms. The zero-order chi connectivity index (χ0) is 21.3. The van der Waals surface area contributed by atoms with Gasteiger partial charge in [0.15, 0.2) is 0 Å². The van der Waals surface area contributed by atoms with Crippen LogP contribution in [0, 0.1) is 0 Å². The van der Waals surface area contributed by atoms with Crippen LogP contribution >= 0.6 is 22.9 Å². The number of hydrogen-bond acceptors (Lipinski definition) is 5. The molecule has 2 aliphatic rings. The maximum Gasteiger partial charge on any atom is 0.262 e. The van der Waals surface area contributed by atoms with Gasteiger partial charge in [0.05, 0.1) is 15.8 Å². The molecule has 0 radical (unpaired) electrons. The molecule has 1 unspecified atom stereocenters. The second kappa shape index (κ2) is 8.67. The van der Waals surface area contributed by atoms with Crippen LogP contribution in [0.25, 0.3) is 0 Å². The van der Waals surface area contributed by atoms with Gasteiger partial charge in [0.25, 0.3) is 11.8 Å². The number of nitrogens with one attached hydrogen (secondary N) is 2. The van der Waals surface area contributed by atoms with E-state index in [9.17, 15) is 9.59 Å². The number of ether oxygens (including phenoxy) is 1. The summed E-state index contributed by atoms with van der Waals surface area (Å²) in [6, 6.07) is 9.45. The Morgan fingerprint density at radius 1 is 1.30 bits per heavy atom. The second-order valence-electron chi connectivity index (χ2n) is 8.22. The molecule has 2 N–H and O–H groups in total. The molecule has 2 atom stereocenters. The number of likely N-dealkylation sites (N-methyl/N-ethyl adjacent to an activating group) is 1. The number of fused-ring (bicyclic) bond motifs is 1. The number of amides is 2. The van der Waals surface area contributed by atoms with E-state index in [0.717, 1.165) is 25.2 Å². The average molecular weight is 448 g/mol. The lowest BCUT2D eigenvalue weighted by molar-refractivity contribution is -0.122. The van der Waals surface area contributed by atoms with E-state index in [1.165, 1.54) is 22.5 Å². The van der Waals surface area contributed by atoms with Crippen LogP contribution in [0.5, 0.6) is 0 Å². The molecule has 1 aromatic heterocycles. The van der Waals surface area contributed by atoms with Crippen molar-refractivity contribution in [3.63, 3.8) is 0 Å². The quantitative estimate of drug-likeness (QED) is 0.752. The summed E-state index contributed by atoms with van der Waals surface area (Å²) in [5.74, 6) is -0.183. The Morgan fingerprint density at radius 2 is 2.13 bits per heavy atom. The number of halogens is 1. The zero-order valence-electron chi connectivity index (χ0n) is 17.2. The Hall–Kier alpha value is -1.93. The molecule has 2 aromatic rings. The van der Waals surface area contributed by atoms with Crippen LogP contribution < -0.4 is 10.6 Å². The summed E-state index contributed by atoms with van der Waals surface area (Å²) in [6.07, 6.45) is 1.43. The minimum atomic E-state index is -1.09. The third-order valence-electron chi connectivity index (χ3n) is 5.89. The molecule has 0 spiro atoms. The number of carbonyl (C=O) groups excluding carboxylic acids is 2. The van der Waals surface area contributed by atoms with Gasteiger partial charge in [0.2, 0.25) is 0 Å². The molecular weight excluding hydrogens is 422 g/mol. The van der Waals surface area contributed by atoms with Gasteiger partial charge in [-0.3, -0.25) is 9.59 Å². The smallest absolute Gasteiger partial charge is 0.262 e. The highest BCUT2D eigenvalue weighted by Crippen LogP contribution is 2.29. The van der Waals surface area contributed by atoms with Gasteiger partial charge in [-0.15, -0.1) is 11.3 Å². The van der Waals surface area contributed by atoms with Gasteiger partial charge in [0.1, 0.15) is 5.54 Å². The number of nitrogens with zero attached hydrogens (tertiary/aromatic N) is 1. The van der Waals surface area contributed by atoms with E-state index in [2.05, 4.69) is 41.6 Å². The Morgan fingerprint density at radius 3 is 2.83 bits per heavy atom. The second-order valence-corrected chi connectivity index (χ2v) is 9.94. The maximum atomic E-state index is 13.2. The Balaban J connectivity index is 1.52. The molecule has 2 amide bonds. The highest BCUT2D eigenvalue weighted by molar-refractivity contribution is 7.18. The third kappa shape index (κ3) is 4.39. The summed E-state index contributed by atoms with van der Waals surface area (Å²) >= 11 is 7.14. The number of benzene rings is 1. The largest absolute Gasteiger partial charge is 0.378 e. The van der Waals surface area contributed by atoms with Crippen molar-refractivity contribution in [2.24, 2.45) is 0 Å². The predicted octanol–water partition coefficient (Wildman–Crippen LogP) is 3.52. The summed E-state index contributed by atoms with van der Waals surface area (Å²) in [5, 5.41) is 5.92. The molecule has 0 bridgehead atoms. The highest BCUT2D eigenvalue weighted by Gasteiger charge is 2.44. The van der Waals surface area contributed by atoms with Gasteiger partial charge in [0, 0.05) is 31.8 Å². The first kappa shape index (κ1) is 21.3. The first-order valence-corrected chi connectivity index (χ1v) is 11.3. The summed E-state index contributed by atoms with van der Waals surface area (Å²) in [4.78, 5) is 28.7. The molecule has 1 aromatic carbocycles. The van der Waals surface area contributed by atoms with Crippen LogP contribution in [0.3, 0.4) is 0 Å². The minimum absolute atomic E-state index is 0.149. The van der Waals surface area contributed by atoms with E-state index in [4.69, 9.17) is 16.3 Å². The fraction of sp³-hybridized carbons (Fsp3) is 0.455. The topological polar surface area (TPSA) is 70.7 Å². The minimum Gasteiger partial charge on any atom is -0.378 e. The molecule has 0 aliphatic carbocycles. The van der Waals surface area contributed by atoms with Crippen LogP contribution in [0.4, 0.5) is 5.69 Å². The lowest BCUT2D eigenvalue weighted by Gasteiger charge is -2.27. The molecule has 6 nitrogen and oxygen atoms in total. The van der Waals surface area contributed by atoms with Crippen molar-refractivity contribution in [3.8, 4) is 0 Å². The number of thiophene rings is 1. The van der Waals surface area contributed by atoms with Gasteiger partial charge in [-0.25, -0.2) is 0 Å². The summed E-state index contributed by atoms with van der Waals surface area (Å²) in [6.45, 7) is 4.80. The molecule has 160 valence electrons. The normalized spacial score (nSPS) is 24.2. The zero-order valence-corrected chi connectivity index (χ0v) is 18.7. The number of rotatable bonds is 4. The predicted molar refractivity (Wildman–Crippen MR) is 120 cm³/mol. The monoisotopic (exact) mass is 447 g/mol. The summed E-state index contributed by atoms with van der Waals surface area (Å²) < 4.78 is 6.03. The number of hydrogen-bond donors (Lipinski definition) is 2. The fourth-order valence-electron chi connectivity index (χ4n) is 4.19. The van der Waals surface area contributed by atoms with Crippen LogP contribution in [-0.4, -0.2) is 55.6 Å². The van der Waals surface area contributed by atoms with E-state index in [-0.39, 0.29) is 18.4 Å². The lowest BCUT2D eigenvalue weighted by Crippen LogP contribution is -2.57. The Bertz CT molecular complexity index is 955. The Kier molecular flexibility index (Phi) is 6.16. The number of carbonyl (C=O) groups is 2. The van der Waals surface area contributed by atoms with E-state index >= 15 is 0 Å². The van der Waals surface area contributed by atoms with Crippen LogP contribution in [0.15, 0.2) is 30.3 Å². The first-order chi connectivity index (χ1) is 14.4. The summed E-state index contributed by atoms with van der Waals surface area (Å²) in [7, 11) is 2.14. The van der Waals surface area contributed by atoms with Crippen molar-refractivity contribution >= 4 is 40.4 Å². The van der Waals surface area contributed by atoms with Crippen molar-refractivity contribution < 1.29 is 14.3 Å². The SMILES string of the molecule is C[C@@H]1CN(C)CCc2ccc(NC(=O)C3(NC(=O)c4ccc(Cl)s4)CCOC3)cc21. The van der Waals surface area contributed by atoms with Crippen LogP contribution in [0.1, 0.15) is 40.1 Å². The molecule has 0 saturated carbocycles. The first-order valence-electron chi connectivity index (χ1n) is 10.1. The van der Waals surface area contributed by atoms with Crippen molar-refractivity contribution in [3.05, 3.63) is 50.7 Å². The molecule has 1 saturated heterocycles. The Labute approximate surface area is 185 Å². The van der Waals surface area contributed by atoms with Crippen molar-refractivity contribution in [2.75, 3.05) is 38.7 Å². The van der Waals surface area contributed by atoms with Crippen molar-refractivity contribution in [2.45, 2.75) is 31.2 Å². The maximum absolute atomic E-state index is 13.2. The van der Waals surface area contributed by atoms with Gasteiger partial charge in [-0.1, -0.05) is 24.6 Å². The lowest BCUT2D eigenvalue weighted by atomic mass is 9.94. The standard InChI is InChI=1S/C22H26ClN3O3S/c1-14-12-26(2)9-7-15-3-4-16(11-17(14)15)24-21(28)22(8-10-29-13-22)25-20(27)18-5-6-19(23)30-18/h3-6,11,14H,7-10,12-13H2,1-2H3,(H,24,28)(H,25,27)/t14-,22?/m1/s1. The number of anilines is 1. The molecule has 3 heterocycles. The van der Waals surface area contributed by atoms with Gasteiger partial charge in [-0.05, 0) is 54.8 Å². The molecule has 2 aliphatic heterocycles. The van der Waals surface area contributed by atoms with E-state index in [1.807, 2.05) is 6.07 Å². The van der Waals surface area contributed by atoms with Crippen LogP contribution in [-0.2, 0) is 16.0 Å². The molecule has 1 fully saturated rings. The molecular formula is C22H26ClN3O3S.